The maximum Gasteiger partial charge on any atom is 0.224 e. The van der Waals surface area contributed by atoms with E-state index < -0.39 is 0 Å². The molecular formula is C11H15Cl2N3. The number of anilines is 1. The Morgan fingerprint density at radius 1 is 1.25 bits per heavy atom. The van der Waals surface area contributed by atoms with Crippen molar-refractivity contribution in [1.82, 2.24) is 9.97 Å². The zero-order valence-electron chi connectivity index (χ0n) is 9.29. The highest BCUT2D eigenvalue weighted by atomic mass is 35.5. The molecule has 2 rings (SSSR count). The summed E-state index contributed by atoms with van der Waals surface area (Å²) >= 11 is 11.9. The van der Waals surface area contributed by atoms with Crippen molar-refractivity contribution in [1.29, 1.82) is 0 Å². The van der Waals surface area contributed by atoms with E-state index in [1.54, 1.807) is 6.20 Å². The van der Waals surface area contributed by atoms with Gasteiger partial charge in [-0.2, -0.15) is 4.98 Å². The third-order valence-electron chi connectivity index (χ3n) is 3.15. The normalized spacial score (nSPS) is 17.4. The molecule has 1 aliphatic rings. The van der Waals surface area contributed by atoms with Gasteiger partial charge < -0.3 is 4.90 Å². The molecule has 5 heteroatoms. The molecule has 1 aromatic heterocycles. The van der Waals surface area contributed by atoms with Gasteiger partial charge in [-0.25, -0.2) is 4.98 Å². The van der Waals surface area contributed by atoms with E-state index in [4.69, 9.17) is 23.2 Å². The number of hydrogen-bond donors (Lipinski definition) is 0. The summed E-state index contributed by atoms with van der Waals surface area (Å²) in [5.74, 6) is 0.744. The lowest BCUT2D eigenvalue weighted by atomic mass is 9.94. The smallest absolute Gasteiger partial charge is 0.224 e. The van der Waals surface area contributed by atoms with E-state index in [-0.39, 0.29) is 5.28 Å². The Hall–Kier alpha value is -0.540. The highest BCUT2D eigenvalue weighted by Gasteiger charge is 2.21. The Morgan fingerprint density at radius 3 is 2.62 bits per heavy atom. The number of aromatic nitrogens is 2. The lowest BCUT2D eigenvalue weighted by molar-refractivity contribution is 0.426. The Labute approximate surface area is 106 Å². The van der Waals surface area contributed by atoms with Crippen LogP contribution in [0.4, 0.5) is 5.82 Å². The molecule has 1 aliphatic carbocycles. The standard InChI is InChI=1S/C11H15Cl2N3/c1-16(8-5-3-2-4-6-8)10-9(12)7-14-11(13)15-10/h7-8H,2-6H2,1H3. The lowest BCUT2D eigenvalue weighted by Gasteiger charge is -2.32. The average molecular weight is 260 g/mol. The fourth-order valence-corrected chi connectivity index (χ4v) is 2.58. The first-order valence-electron chi connectivity index (χ1n) is 5.59. The van der Waals surface area contributed by atoms with Crippen molar-refractivity contribution in [3.8, 4) is 0 Å². The summed E-state index contributed by atoms with van der Waals surface area (Å²) < 4.78 is 0. The number of halogens is 2. The molecule has 1 aromatic rings. The average Bonchev–Trinajstić information content (AvgIpc) is 2.32. The van der Waals surface area contributed by atoms with Crippen LogP contribution in [0.1, 0.15) is 32.1 Å². The lowest BCUT2D eigenvalue weighted by Crippen LogP contribution is -2.34. The van der Waals surface area contributed by atoms with Crippen molar-refractivity contribution >= 4 is 29.0 Å². The Balaban J connectivity index is 2.18. The van der Waals surface area contributed by atoms with Crippen LogP contribution < -0.4 is 4.90 Å². The van der Waals surface area contributed by atoms with Crippen LogP contribution in [0.5, 0.6) is 0 Å². The van der Waals surface area contributed by atoms with Crippen molar-refractivity contribution in [2.45, 2.75) is 38.1 Å². The summed E-state index contributed by atoms with van der Waals surface area (Å²) in [6.07, 6.45) is 7.87. The fourth-order valence-electron chi connectivity index (χ4n) is 2.23. The van der Waals surface area contributed by atoms with Crippen molar-refractivity contribution in [2.75, 3.05) is 11.9 Å². The number of nitrogens with zero attached hydrogens (tertiary/aromatic N) is 3. The molecule has 1 fully saturated rings. The van der Waals surface area contributed by atoms with Gasteiger partial charge in [0.1, 0.15) is 5.02 Å². The third kappa shape index (κ3) is 2.58. The second-order valence-electron chi connectivity index (χ2n) is 4.21. The molecule has 0 atom stereocenters. The molecule has 3 nitrogen and oxygen atoms in total. The van der Waals surface area contributed by atoms with Gasteiger partial charge in [-0.05, 0) is 24.4 Å². The molecule has 0 N–H and O–H groups in total. The van der Waals surface area contributed by atoms with Crippen LogP contribution in [0.2, 0.25) is 10.3 Å². The van der Waals surface area contributed by atoms with Crippen LogP contribution in [0, 0.1) is 0 Å². The van der Waals surface area contributed by atoms with Gasteiger partial charge in [-0.1, -0.05) is 30.9 Å². The molecule has 88 valence electrons. The molecule has 0 unspecified atom stereocenters. The van der Waals surface area contributed by atoms with E-state index in [2.05, 4.69) is 14.9 Å². The van der Waals surface area contributed by atoms with Crippen LogP contribution in [-0.4, -0.2) is 23.1 Å². The zero-order valence-corrected chi connectivity index (χ0v) is 10.8. The summed E-state index contributed by atoms with van der Waals surface area (Å²) in [6.45, 7) is 0. The first-order valence-corrected chi connectivity index (χ1v) is 6.35. The molecule has 1 saturated carbocycles. The second kappa shape index (κ2) is 5.19. The molecule has 16 heavy (non-hydrogen) atoms. The summed E-state index contributed by atoms with van der Waals surface area (Å²) in [4.78, 5) is 10.2. The van der Waals surface area contributed by atoms with Gasteiger partial charge in [0.15, 0.2) is 5.82 Å². The zero-order chi connectivity index (χ0) is 11.5. The number of hydrogen-bond acceptors (Lipinski definition) is 3. The van der Waals surface area contributed by atoms with E-state index in [9.17, 15) is 0 Å². The van der Waals surface area contributed by atoms with Crippen LogP contribution in [0.3, 0.4) is 0 Å². The van der Waals surface area contributed by atoms with Crippen LogP contribution in [0.25, 0.3) is 0 Å². The highest BCUT2D eigenvalue weighted by Crippen LogP contribution is 2.29. The second-order valence-corrected chi connectivity index (χ2v) is 4.96. The van der Waals surface area contributed by atoms with Crippen LogP contribution in [-0.2, 0) is 0 Å². The Kier molecular flexibility index (Phi) is 3.87. The van der Waals surface area contributed by atoms with Crippen LogP contribution >= 0.6 is 23.2 Å². The molecule has 0 spiro atoms. The molecule has 0 aliphatic heterocycles. The fraction of sp³-hybridized carbons (Fsp3) is 0.636. The van der Waals surface area contributed by atoms with Gasteiger partial charge in [0, 0.05) is 13.1 Å². The van der Waals surface area contributed by atoms with E-state index in [0.717, 1.165) is 5.82 Å². The molecule has 0 radical (unpaired) electrons. The van der Waals surface area contributed by atoms with E-state index >= 15 is 0 Å². The first kappa shape index (κ1) is 11.9. The maximum absolute atomic E-state index is 6.08. The maximum atomic E-state index is 6.08. The molecule has 0 saturated heterocycles. The quantitative estimate of drug-likeness (QED) is 0.761. The monoisotopic (exact) mass is 259 g/mol. The molecular weight excluding hydrogens is 245 g/mol. The summed E-state index contributed by atoms with van der Waals surface area (Å²) in [5.41, 5.74) is 0. The Bertz CT molecular complexity index is 364. The predicted octanol–water partition coefficient (Wildman–Crippen LogP) is 3.55. The largest absolute Gasteiger partial charge is 0.355 e. The van der Waals surface area contributed by atoms with Crippen molar-refractivity contribution < 1.29 is 0 Å². The van der Waals surface area contributed by atoms with E-state index in [1.165, 1.54) is 32.1 Å². The van der Waals surface area contributed by atoms with Crippen molar-refractivity contribution in [3.63, 3.8) is 0 Å². The SMILES string of the molecule is CN(c1nc(Cl)ncc1Cl)C1CCCCC1. The summed E-state index contributed by atoms with van der Waals surface area (Å²) in [7, 11) is 2.03. The minimum Gasteiger partial charge on any atom is -0.355 e. The van der Waals surface area contributed by atoms with E-state index in [1.807, 2.05) is 7.05 Å². The molecule has 0 bridgehead atoms. The third-order valence-corrected chi connectivity index (χ3v) is 3.60. The number of rotatable bonds is 2. The highest BCUT2D eigenvalue weighted by molar-refractivity contribution is 6.33. The van der Waals surface area contributed by atoms with Gasteiger partial charge in [-0.3, -0.25) is 0 Å². The summed E-state index contributed by atoms with van der Waals surface area (Å²) in [6, 6.07) is 0.525. The van der Waals surface area contributed by atoms with Gasteiger partial charge in [0.25, 0.3) is 0 Å². The van der Waals surface area contributed by atoms with E-state index in [0.29, 0.717) is 11.1 Å². The van der Waals surface area contributed by atoms with Gasteiger partial charge in [0.05, 0.1) is 6.20 Å². The molecule has 0 aromatic carbocycles. The van der Waals surface area contributed by atoms with Crippen molar-refractivity contribution in [3.05, 3.63) is 16.5 Å². The summed E-state index contributed by atoms with van der Waals surface area (Å²) in [5, 5.41) is 0.819. The van der Waals surface area contributed by atoms with Crippen LogP contribution in [0.15, 0.2) is 6.20 Å². The Morgan fingerprint density at radius 2 is 1.94 bits per heavy atom. The predicted molar refractivity (Wildman–Crippen MR) is 67.3 cm³/mol. The first-order chi connectivity index (χ1) is 7.68. The van der Waals surface area contributed by atoms with Gasteiger partial charge >= 0.3 is 0 Å². The topological polar surface area (TPSA) is 29.0 Å². The van der Waals surface area contributed by atoms with Gasteiger partial charge in [0.2, 0.25) is 5.28 Å². The van der Waals surface area contributed by atoms with Gasteiger partial charge in [-0.15, -0.1) is 0 Å². The minimum absolute atomic E-state index is 0.252. The van der Waals surface area contributed by atoms with Crippen molar-refractivity contribution in [2.24, 2.45) is 0 Å². The minimum atomic E-state index is 0.252. The molecule has 1 heterocycles. The molecule has 0 amide bonds.